The molecule has 0 radical (unpaired) electrons. The Morgan fingerprint density at radius 1 is 1.09 bits per heavy atom. The van der Waals surface area contributed by atoms with Gasteiger partial charge >= 0.3 is 0 Å². The Morgan fingerprint density at radius 2 is 1.94 bits per heavy atom. The van der Waals surface area contributed by atoms with E-state index in [0.717, 1.165) is 12.1 Å². The summed E-state index contributed by atoms with van der Waals surface area (Å²) in [7, 11) is 0. The van der Waals surface area contributed by atoms with E-state index in [4.69, 9.17) is 16.3 Å². The van der Waals surface area contributed by atoms with Crippen molar-refractivity contribution in [3.63, 3.8) is 0 Å². The number of nitrogens with zero attached hydrogens (tertiary/aromatic N) is 6. The highest BCUT2D eigenvalue weighted by Gasteiger charge is 2.27. The van der Waals surface area contributed by atoms with Crippen molar-refractivity contribution >= 4 is 22.8 Å². The summed E-state index contributed by atoms with van der Waals surface area (Å²) in [6.45, 7) is 3.98. The third kappa shape index (κ3) is 5.08. The minimum absolute atomic E-state index is 0.293. The van der Waals surface area contributed by atoms with Crippen molar-refractivity contribution in [1.29, 1.82) is 0 Å². The first-order valence-corrected chi connectivity index (χ1v) is 11.9. The fraction of sp³-hybridized carbons (Fsp3) is 0.400. The molecule has 6 rings (SSSR count). The van der Waals surface area contributed by atoms with Gasteiger partial charge in [0, 0.05) is 28.5 Å². The second-order valence-electron chi connectivity index (χ2n) is 8.88. The molecule has 4 aromatic rings. The molecule has 1 saturated heterocycles. The first kappa shape index (κ1) is 22.8. The van der Waals surface area contributed by atoms with Crippen LogP contribution < -0.4 is 0 Å². The Kier molecular flexibility index (Phi) is 6.52. The van der Waals surface area contributed by atoms with E-state index < -0.39 is 5.82 Å². The Hall–Kier alpha value is -2.97. The molecule has 2 unspecified atom stereocenters. The zero-order valence-electron chi connectivity index (χ0n) is 19.2. The number of hydrogen-bond acceptors (Lipinski definition) is 6. The number of hydrogen-bond donors (Lipinski definition) is 0. The second-order valence-corrected chi connectivity index (χ2v) is 9.32. The van der Waals surface area contributed by atoms with Crippen LogP contribution in [0.3, 0.4) is 0 Å². The van der Waals surface area contributed by atoms with E-state index >= 15 is 0 Å². The van der Waals surface area contributed by atoms with E-state index in [1.54, 1.807) is 18.3 Å². The average molecular weight is 481 g/mol. The van der Waals surface area contributed by atoms with Gasteiger partial charge in [0.15, 0.2) is 5.65 Å². The largest absolute Gasteiger partial charge is 0.370 e. The van der Waals surface area contributed by atoms with Crippen molar-refractivity contribution in [3.8, 4) is 11.3 Å². The molecular formula is C25H26ClFN6O. The van der Waals surface area contributed by atoms with Gasteiger partial charge in [-0.15, -0.1) is 0 Å². The molecule has 3 aromatic heterocycles. The van der Waals surface area contributed by atoms with Gasteiger partial charge < -0.3 is 4.74 Å². The molecule has 1 aliphatic carbocycles. The van der Waals surface area contributed by atoms with Gasteiger partial charge in [-0.3, -0.25) is 4.68 Å². The number of aryl methyl sites for hydroxylation is 1. The number of fused-ring (bicyclic) bond motifs is 1. The van der Waals surface area contributed by atoms with E-state index in [1.165, 1.54) is 43.6 Å². The highest BCUT2D eigenvalue weighted by Crippen LogP contribution is 2.36. The van der Waals surface area contributed by atoms with Crippen molar-refractivity contribution in [1.82, 2.24) is 29.7 Å². The molecule has 0 bridgehead atoms. The third-order valence-electron chi connectivity index (χ3n) is 6.04. The molecule has 4 heterocycles. The lowest BCUT2D eigenvalue weighted by molar-refractivity contribution is -0.0414. The molecule has 0 amide bonds. The number of ether oxygens (including phenoxy) is 1. The summed E-state index contributed by atoms with van der Waals surface area (Å²) in [5, 5.41) is 4.75. The van der Waals surface area contributed by atoms with Crippen LogP contribution in [0.25, 0.3) is 22.4 Å². The van der Waals surface area contributed by atoms with E-state index in [1.807, 2.05) is 13.1 Å². The number of halogens is 2. The predicted molar refractivity (Wildman–Crippen MR) is 128 cm³/mol. The monoisotopic (exact) mass is 480 g/mol. The zero-order chi connectivity index (χ0) is 23.7. The van der Waals surface area contributed by atoms with Gasteiger partial charge in [0.25, 0.3) is 0 Å². The number of benzene rings is 1. The number of aromatic nitrogens is 6. The maximum Gasteiger partial charge on any atom is 0.182 e. The highest BCUT2D eigenvalue weighted by molar-refractivity contribution is 6.30. The van der Waals surface area contributed by atoms with Gasteiger partial charge in [-0.05, 0) is 64.2 Å². The van der Waals surface area contributed by atoms with Gasteiger partial charge in [-0.1, -0.05) is 11.6 Å². The molecule has 1 aromatic carbocycles. The lowest BCUT2D eigenvalue weighted by atomic mass is 10.0. The van der Waals surface area contributed by atoms with Crippen LogP contribution in [0, 0.1) is 12.7 Å². The third-order valence-corrected chi connectivity index (χ3v) is 6.27. The minimum atomic E-state index is -0.449. The molecule has 0 spiro atoms. The van der Waals surface area contributed by atoms with Crippen LogP contribution in [0.4, 0.5) is 4.39 Å². The van der Waals surface area contributed by atoms with Crippen molar-refractivity contribution in [2.24, 2.45) is 0 Å². The summed E-state index contributed by atoms with van der Waals surface area (Å²) in [5.41, 5.74) is 3.66. The van der Waals surface area contributed by atoms with Crippen molar-refractivity contribution < 1.29 is 9.13 Å². The molecular weight excluding hydrogens is 455 g/mol. The highest BCUT2D eigenvalue weighted by atomic mass is 35.5. The molecule has 34 heavy (non-hydrogen) atoms. The van der Waals surface area contributed by atoms with E-state index in [0.29, 0.717) is 45.7 Å². The van der Waals surface area contributed by atoms with Gasteiger partial charge in [0.1, 0.15) is 23.4 Å². The predicted octanol–water partition coefficient (Wildman–Crippen LogP) is 6.04. The Morgan fingerprint density at radius 3 is 2.71 bits per heavy atom. The first-order valence-electron chi connectivity index (χ1n) is 11.6. The molecule has 0 N–H and O–H groups in total. The smallest absolute Gasteiger partial charge is 0.182 e. The molecule has 1 saturated carbocycles. The minimum Gasteiger partial charge on any atom is -0.370 e. The van der Waals surface area contributed by atoms with Crippen LogP contribution in [-0.4, -0.2) is 35.8 Å². The SMILES string of the molecule is CC1CCCC(c2cnn(C3CC3)c2)O1.Cc1cnc2c(-c3ccc(Cl)cc3F)ncnc2n1. The van der Waals surface area contributed by atoms with Crippen LogP contribution in [0.5, 0.6) is 0 Å². The fourth-order valence-corrected chi connectivity index (χ4v) is 4.27. The molecule has 176 valence electrons. The van der Waals surface area contributed by atoms with Crippen molar-refractivity contribution in [2.75, 3.05) is 0 Å². The van der Waals surface area contributed by atoms with E-state index in [9.17, 15) is 4.39 Å². The maximum atomic E-state index is 14.0. The summed E-state index contributed by atoms with van der Waals surface area (Å²) in [6.07, 6.45) is 14.0. The van der Waals surface area contributed by atoms with Crippen LogP contribution in [-0.2, 0) is 4.74 Å². The Bertz CT molecular complexity index is 1310. The summed E-state index contributed by atoms with van der Waals surface area (Å²) < 4.78 is 22.0. The Balaban J connectivity index is 0.000000145. The standard InChI is InChI=1S/C13H8ClFN4.C12H18N2O/c1-7-5-16-12-11(17-6-18-13(12)19-7)9-3-2-8(14)4-10(9)15;1-9-3-2-4-12(15-9)10-7-13-14(8-10)11-5-6-11/h2-6H,1H3;7-9,11-12H,2-6H2,1H3. The topological polar surface area (TPSA) is 78.6 Å². The summed E-state index contributed by atoms with van der Waals surface area (Å²) in [6, 6.07) is 5.10. The normalized spacial score (nSPS) is 20.1. The van der Waals surface area contributed by atoms with E-state index in [-0.39, 0.29) is 0 Å². The zero-order valence-corrected chi connectivity index (χ0v) is 19.9. The maximum absolute atomic E-state index is 14.0. The quantitative estimate of drug-likeness (QED) is 0.356. The van der Waals surface area contributed by atoms with Gasteiger partial charge in [-0.25, -0.2) is 24.3 Å². The molecule has 1 aliphatic heterocycles. The van der Waals surface area contributed by atoms with Crippen LogP contribution in [0.1, 0.15) is 62.4 Å². The van der Waals surface area contributed by atoms with Gasteiger partial charge in [0.05, 0.1) is 30.1 Å². The summed E-state index contributed by atoms with van der Waals surface area (Å²) >= 11 is 5.74. The molecule has 2 aliphatic rings. The van der Waals surface area contributed by atoms with Crippen molar-refractivity contribution in [2.45, 2.75) is 64.2 Å². The molecule has 7 nitrogen and oxygen atoms in total. The van der Waals surface area contributed by atoms with Crippen molar-refractivity contribution in [3.05, 3.63) is 65.2 Å². The van der Waals surface area contributed by atoms with Gasteiger partial charge in [0.2, 0.25) is 0 Å². The van der Waals surface area contributed by atoms with Gasteiger partial charge in [-0.2, -0.15) is 5.10 Å². The molecule has 9 heteroatoms. The summed E-state index contributed by atoms with van der Waals surface area (Å²) in [4.78, 5) is 16.6. The fourth-order valence-electron chi connectivity index (χ4n) is 4.11. The Labute approximate surface area is 202 Å². The average Bonchev–Trinajstić information content (AvgIpc) is 3.55. The lowest BCUT2D eigenvalue weighted by Gasteiger charge is -2.26. The lowest BCUT2D eigenvalue weighted by Crippen LogP contribution is -2.18. The van der Waals surface area contributed by atoms with Crippen LogP contribution in [0.2, 0.25) is 5.02 Å². The molecule has 2 atom stereocenters. The van der Waals surface area contributed by atoms with E-state index in [2.05, 4.69) is 42.8 Å². The second kappa shape index (κ2) is 9.72. The summed E-state index contributed by atoms with van der Waals surface area (Å²) in [5.74, 6) is -0.449. The molecule has 2 fully saturated rings. The number of rotatable bonds is 3. The van der Waals surface area contributed by atoms with Crippen LogP contribution in [0.15, 0.2) is 43.1 Å². The van der Waals surface area contributed by atoms with Crippen LogP contribution >= 0.6 is 11.6 Å². The first-order chi connectivity index (χ1) is 16.5.